The summed E-state index contributed by atoms with van der Waals surface area (Å²) in [7, 11) is 0. The molecular formula is C30H28N2O3. The fourth-order valence-electron chi connectivity index (χ4n) is 4.25. The van der Waals surface area contributed by atoms with E-state index in [1.807, 2.05) is 84.9 Å². The van der Waals surface area contributed by atoms with Gasteiger partial charge in [-0.15, -0.1) is 0 Å². The van der Waals surface area contributed by atoms with Crippen LogP contribution in [0, 0.1) is 5.92 Å². The van der Waals surface area contributed by atoms with E-state index in [4.69, 9.17) is 0 Å². The third-order valence-corrected chi connectivity index (χ3v) is 6.01. The molecule has 0 bridgehead atoms. The normalized spacial score (nSPS) is 11.9. The van der Waals surface area contributed by atoms with Crippen molar-refractivity contribution in [2.75, 3.05) is 10.6 Å². The summed E-state index contributed by atoms with van der Waals surface area (Å²) in [5, 5.41) is 18.1. The maximum absolute atomic E-state index is 13.7. The number of rotatable bonds is 9. The van der Waals surface area contributed by atoms with Crippen molar-refractivity contribution in [1.82, 2.24) is 0 Å². The molecule has 0 spiro atoms. The van der Waals surface area contributed by atoms with Crippen molar-refractivity contribution in [2.24, 2.45) is 5.92 Å². The van der Waals surface area contributed by atoms with Gasteiger partial charge in [-0.3, -0.25) is 9.59 Å². The van der Waals surface area contributed by atoms with Crippen LogP contribution in [0.5, 0.6) is 0 Å². The van der Waals surface area contributed by atoms with Crippen molar-refractivity contribution in [3.8, 4) is 0 Å². The standard InChI is InChI=1S/C30H28N2O3/c33-28(31-25-17-9-3-10-18-25)22-21-27(29(34)32-26-19-11-4-12-20-26)30(35,23-13-5-1-6-14-23)24-15-7-2-8-16-24/h1-20,27,35H,21-22H2,(H,31,33)(H,32,34). The van der Waals surface area contributed by atoms with Gasteiger partial charge >= 0.3 is 0 Å². The predicted molar refractivity (Wildman–Crippen MR) is 139 cm³/mol. The molecule has 5 heteroatoms. The third-order valence-electron chi connectivity index (χ3n) is 6.01. The summed E-state index contributed by atoms with van der Waals surface area (Å²) in [6.45, 7) is 0. The van der Waals surface area contributed by atoms with E-state index in [2.05, 4.69) is 10.6 Å². The molecule has 0 aromatic heterocycles. The second-order valence-electron chi connectivity index (χ2n) is 8.36. The number of benzene rings is 4. The topological polar surface area (TPSA) is 78.4 Å². The summed E-state index contributed by atoms with van der Waals surface area (Å²) in [5.41, 5.74) is 0.837. The Balaban J connectivity index is 1.68. The molecule has 4 aromatic rings. The van der Waals surface area contributed by atoms with Gasteiger partial charge in [0.05, 0.1) is 5.92 Å². The molecule has 0 heterocycles. The molecule has 35 heavy (non-hydrogen) atoms. The molecule has 5 nitrogen and oxygen atoms in total. The minimum Gasteiger partial charge on any atom is -0.380 e. The molecule has 4 rings (SSSR count). The minimum absolute atomic E-state index is 0.0593. The minimum atomic E-state index is -1.64. The van der Waals surface area contributed by atoms with Gasteiger partial charge in [0.2, 0.25) is 11.8 Å². The molecular weight excluding hydrogens is 436 g/mol. The Morgan fingerprint density at radius 1 is 0.629 bits per heavy atom. The highest BCUT2D eigenvalue weighted by Gasteiger charge is 2.44. The summed E-state index contributed by atoms with van der Waals surface area (Å²) in [5.74, 6) is -1.52. The highest BCUT2D eigenvalue weighted by atomic mass is 16.3. The van der Waals surface area contributed by atoms with E-state index < -0.39 is 11.5 Å². The molecule has 4 aromatic carbocycles. The van der Waals surface area contributed by atoms with Crippen molar-refractivity contribution < 1.29 is 14.7 Å². The first kappa shape index (κ1) is 23.9. The summed E-state index contributed by atoms with van der Waals surface area (Å²) in [6, 6.07) is 36.6. The molecule has 0 aliphatic heterocycles. The van der Waals surface area contributed by atoms with Crippen molar-refractivity contribution >= 4 is 23.2 Å². The number of aliphatic hydroxyl groups is 1. The summed E-state index contributed by atoms with van der Waals surface area (Å²) >= 11 is 0. The average Bonchev–Trinajstić information content (AvgIpc) is 2.91. The number of hydrogen-bond acceptors (Lipinski definition) is 3. The Morgan fingerprint density at radius 2 is 1.03 bits per heavy atom. The molecule has 1 atom stereocenters. The van der Waals surface area contributed by atoms with Crippen LogP contribution in [-0.2, 0) is 15.2 Å². The van der Waals surface area contributed by atoms with Crippen LogP contribution in [0.15, 0.2) is 121 Å². The SMILES string of the molecule is O=C(CCC(C(=O)Nc1ccccc1)C(O)(c1ccccc1)c1ccccc1)Nc1ccccc1. The van der Waals surface area contributed by atoms with Crippen molar-refractivity contribution in [2.45, 2.75) is 18.4 Å². The number of anilines is 2. The fourth-order valence-corrected chi connectivity index (χ4v) is 4.25. The van der Waals surface area contributed by atoms with E-state index in [-0.39, 0.29) is 24.7 Å². The van der Waals surface area contributed by atoms with Crippen molar-refractivity contribution in [3.63, 3.8) is 0 Å². The van der Waals surface area contributed by atoms with Crippen LogP contribution in [0.1, 0.15) is 24.0 Å². The van der Waals surface area contributed by atoms with Crippen LogP contribution in [0.3, 0.4) is 0 Å². The lowest BCUT2D eigenvalue weighted by Gasteiger charge is -2.36. The van der Waals surface area contributed by atoms with Gasteiger partial charge in [0.25, 0.3) is 0 Å². The maximum atomic E-state index is 13.7. The van der Waals surface area contributed by atoms with E-state index in [1.54, 1.807) is 36.4 Å². The Labute approximate surface area is 205 Å². The molecule has 0 saturated heterocycles. The lowest BCUT2D eigenvalue weighted by molar-refractivity contribution is -0.128. The average molecular weight is 465 g/mol. The fraction of sp³-hybridized carbons (Fsp3) is 0.133. The van der Waals surface area contributed by atoms with Crippen molar-refractivity contribution in [1.29, 1.82) is 0 Å². The Bertz CT molecular complexity index is 1190. The van der Waals surface area contributed by atoms with Gasteiger partial charge in [-0.2, -0.15) is 0 Å². The number of carbonyl (C=O) groups is 2. The van der Waals surface area contributed by atoms with Gasteiger partial charge in [0.1, 0.15) is 5.60 Å². The zero-order chi connectivity index (χ0) is 24.5. The largest absolute Gasteiger partial charge is 0.380 e. The zero-order valence-corrected chi connectivity index (χ0v) is 19.3. The van der Waals surface area contributed by atoms with Gasteiger partial charge < -0.3 is 15.7 Å². The van der Waals surface area contributed by atoms with E-state index in [0.29, 0.717) is 22.5 Å². The van der Waals surface area contributed by atoms with Crippen molar-refractivity contribution in [3.05, 3.63) is 132 Å². The molecule has 0 fully saturated rings. The summed E-state index contributed by atoms with van der Waals surface area (Å²) in [6.07, 6.45) is 0.196. The van der Waals surface area contributed by atoms with Crippen LogP contribution in [0.4, 0.5) is 11.4 Å². The second-order valence-corrected chi connectivity index (χ2v) is 8.36. The number of nitrogens with one attached hydrogen (secondary N) is 2. The molecule has 176 valence electrons. The highest BCUT2D eigenvalue weighted by Crippen LogP contribution is 2.40. The first-order valence-corrected chi connectivity index (χ1v) is 11.6. The van der Waals surface area contributed by atoms with Crippen LogP contribution in [0.25, 0.3) is 0 Å². The Kier molecular flexibility index (Phi) is 7.70. The van der Waals surface area contributed by atoms with Crippen LogP contribution in [-0.4, -0.2) is 16.9 Å². The van der Waals surface area contributed by atoms with E-state index in [1.165, 1.54) is 0 Å². The van der Waals surface area contributed by atoms with Gasteiger partial charge in [0.15, 0.2) is 0 Å². The Hall–Kier alpha value is -4.22. The smallest absolute Gasteiger partial charge is 0.231 e. The quantitative estimate of drug-likeness (QED) is 0.302. The van der Waals surface area contributed by atoms with Gasteiger partial charge in [-0.25, -0.2) is 0 Å². The predicted octanol–water partition coefficient (Wildman–Crippen LogP) is 5.60. The van der Waals surface area contributed by atoms with Gasteiger partial charge in [-0.05, 0) is 41.8 Å². The van der Waals surface area contributed by atoms with Gasteiger partial charge in [0, 0.05) is 17.8 Å². The Morgan fingerprint density at radius 3 is 1.49 bits per heavy atom. The number of para-hydroxylation sites is 2. The molecule has 0 radical (unpaired) electrons. The zero-order valence-electron chi connectivity index (χ0n) is 19.3. The molecule has 1 unspecified atom stereocenters. The lowest BCUT2D eigenvalue weighted by atomic mass is 9.73. The van der Waals surface area contributed by atoms with E-state index in [0.717, 1.165) is 0 Å². The third kappa shape index (κ3) is 5.83. The lowest BCUT2D eigenvalue weighted by Crippen LogP contribution is -2.44. The van der Waals surface area contributed by atoms with Crippen LogP contribution >= 0.6 is 0 Å². The molecule has 0 aliphatic carbocycles. The van der Waals surface area contributed by atoms with E-state index in [9.17, 15) is 14.7 Å². The van der Waals surface area contributed by atoms with E-state index >= 15 is 0 Å². The molecule has 0 saturated carbocycles. The number of carbonyl (C=O) groups excluding carboxylic acids is 2. The van der Waals surface area contributed by atoms with Gasteiger partial charge in [-0.1, -0.05) is 97.1 Å². The molecule has 3 N–H and O–H groups in total. The first-order valence-electron chi connectivity index (χ1n) is 11.6. The van der Waals surface area contributed by atoms with Crippen LogP contribution < -0.4 is 10.6 Å². The first-order chi connectivity index (χ1) is 17.1. The number of amides is 2. The number of hydrogen-bond donors (Lipinski definition) is 3. The maximum Gasteiger partial charge on any atom is 0.231 e. The molecule has 0 aliphatic rings. The monoisotopic (exact) mass is 464 g/mol. The highest BCUT2D eigenvalue weighted by molar-refractivity contribution is 5.95. The summed E-state index contributed by atoms with van der Waals surface area (Å²) < 4.78 is 0. The second kappa shape index (κ2) is 11.3. The molecule has 2 amide bonds. The van der Waals surface area contributed by atoms with Crippen LogP contribution in [0.2, 0.25) is 0 Å². The summed E-state index contributed by atoms with van der Waals surface area (Å²) in [4.78, 5) is 26.4.